The van der Waals surface area contributed by atoms with Crippen LogP contribution in [0.2, 0.25) is 0 Å². The van der Waals surface area contributed by atoms with Crippen molar-refractivity contribution in [3.63, 3.8) is 0 Å². The van der Waals surface area contributed by atoms with Crippen LogP contribution in [0, 0.1) is 0 Å². The van der Waals surface area contributed by atoms with Crippen molar-refractivity contribution in [3.05, 3.63) is 22.4 Å². The van der Waals surface area contributed by atoms with Crippen molar-refractivity contribution in [3.8, 4) is 0 Å². The number of carbonyl (C=O) groups is 3. The number of esters is 1. The highest BCUT2D eigenvalue weighted by Gasteiger charge is 2.17. The first-order valence-electron chi connectivity index (χ1n) is 7.20. The van der Waals surface area contributed by atoms with Crippen LogP contribution >= 0.6 is 34.4 Å². The van der Waals surface area contributed by atoms with E-state index in [1.165, 1.54) is 28.0 Å². The third-order valence-corrected chi connectivity index (χ3v) is 5.53. The number of hydrogen-bond donors (Lipinski definition) is 1. The van der Waals surface area contributed by atoms with Crippen LogP contribution in [0.5, 0.6) is 0 Å². The fourth-order valence-electron chi connectivity index (χ4n) is 1.68. The quantitative estimate of drug-likeness (QED) is 0.411. The van der Waals surface area contributed by atoms with Gasteiger partial charge in [-0.05, 0) is 18.4 Å². The number of thioether (sulfide) groups is 1. The van der Waals surface area contributed by atoms with Crippen molar-refractivity contribution < 1.29 is 19.1 Å². The number of carbonyl (C=O) groups excluding carboxylic acids is 3. The zero-order chi connectivity index (χ0) is 18.2. The number of ether oxygens (including phenoxy) is 1. The van der Waals surface area contributed by atoms with Gasteiger partial charge in [0, 0.05) is 7.05 Å². The van der Waals surface area contributed by atoms with Crippen LogP contribution in [0.25, 0.3) is 0 Å². The lowest BCUT2D eigenvalue weighted by Gasteiger charge is -2.14. The van der Waals surface area contributed by atoms with E-state index in [4.69, 9.17) is 4.74 Å². The highest BCUT2D eigenvalue weighted by atomic mass is 32.2. The van der Waals surface area contributed by atoms with Crippen LogP contribution in [0.3, 0.4) is 0 Å². The van der Waals surface area contributed by atoms with Gasteiger partial charge >= 0.3 is 5.97 Å². The first-order valence-corrected chi connectivity index (χ1v) is 9.88. The molecule has 0 fully saturated rings. The molecule has 2 aromatic rings. The Labute approximate surface area is 156 Å². The van der Waals surface area contributed by atoms with Crippen molar-refractivity contribution in [1.29, 1.82) is 0 Å². The van der Waals surface area contributed by atoms with Gasteiger partial charge in [-0.25, -0.2) is 0 Å². The molecule has 2 rings (SSSR count). The minimum atomic E-state index is -0.370. The molecule has 2 aromatic heterocycles. The molecular weight excluding hydrogens is 384 g/mol. The summed E-state index contributed by atoms with van der Waals surface area (Å²) in [5.74, 6) is -0.783. The topological polar surface area (TPSA) is 101 Å². The van der Waals surface area contributed by atoms with Gasteiger partial charge in [-0.2, -0.15) is 0 Å². The van der Waals surface area contributed by atoms with Crippen molar-refractivity contribution in [2.75, 3.05) is 31.3 Å². The Bertz CT molecular complexity index is 732. The van der Waals surface area contributed by atoms with Crippen molar-refractivity contribution in [2.24, 2.45) is 0 Å². The number of rotatable bonds is 8. The zero-order valence-electron chi connectivity index (χ0n) is 13.6. The maximum Gasteiger partial charge on any atom is 0.316 e. The Balaban J connectivity index is 1.80. The van der Waals surface area contributed by atoms with E-state index in [2.05, 4.69) is 15.5 Å². The van der Waals surface area contributed by atoms with E-state index in [-0.39, 0.29) is 30.1 Å². The van der Waals surface area contributed by atoms with Gasteiger partial charge in [0.05, 0.1) is 23.8 Å². The summed E-state index contributed by atoms with van der Waals surface area (Å²) in [6.07, 6.45) is 0. The average molecular weight is 401 g/mol. The van der Waals surface area contributed by atoms with Crippen LogP contribution in [0.1, 0.15) is 16.6 Å². The minimum absolute atomic E-state index is 0.0956. The van der Waals surface area contributed by atoms with E-state index < -0.39 is 0 Å². The molecule has 0 aromatic carbocycles. The van der Waals surface area contributed by atoms with Crippen molar-refractivity contribution in [1.82, 2.24) is 15.1 Å². The summed E-state index contributed by atoms with van der Waals surface area (Å²) in [6, 6.07) is 3.49. The fourth-order valence-corrected chi connectivity index (χ4v) is 3.96. The third kappa shape index (κ3) is 6.11. The largest absolute Gasteiger partial charge is 0.465 e. The lowest BCUT2D eigenvalue weighted by atomic mass is 10.4. The van der Waals surface area contributed by atoms with E-state index in [1.54, 1.807) is 31.5 Å². The van der Waals surface area contributed by atoms with Crippen LogP contribution in [-0.4, -0.2) is 58.8 Å². The van der Waals surface area contributed by atoms with E-state index in [9.17, 15) is 14.4 Å². The second-order valence-electron chi connectivity index (χ2n) is 4.65. The van der Waals surface area contributed by atoms with Crippen LogP contribution in [-0.2, 0) is 14.3 Å². The number of amides is 2. The van der Waals surface area contributed by atoms with Crippen LogP contribution in [0.15, 0.2) is 21.9 Å². The van der Waals surface area contributed by atoms with Crippen LogP contribution in [0.4, 0.5) is 5.13 Å². The molecule has 25 heavy (non-hydrogen) atoms. The molecule has 0 unspecified atom stereocenters. The Kier molecular flexibility index (Phi) is 7.34. The monoisotopic (exact) mass is 400 g/mol. The van der Waals surface area contributed by atoms with Gasteiger partial charge < -0.3 is 9.64 Å². The number of anilines is 1. The predicted molar refractivity (Wildman–Crippen MR) is 97.2 cm³/mol. The van der Waals surface area contributed by atoms with Gasteiger partial charge in [0.2, 0.25) is 11.0 Å². The summed E-state index contributed by atoms with van der Waals surface area (Å²) >= 11 is 3.66. The molecule has 2 heterocycles. The molecule has 2 amide bonds. The molecule has 0 aliphatic carbocycles. The van der Waals surface area contributed by atoms with E-state index in [0.29, 0.717) is 21.0 Å². The van der Waals surface area contributed by atoms with E-state index in [0.717, 1.165) is 11.3 Å². The molecule has 11 heteroatoms. The lowest BCUT2D eigenvalue weighted by Crippen LogP contribution is -2.34. The SMILES string of the molecule is CCOC(=O)CSc1nnc(NC(=O)CN(C)C(=O)c2cccs2)s1. The highest BCUT2D eigenvalue weighted by molar-refractivity contribution is 8.01. The standard InChI is InChI=1S/C14H16N4O4S3/c1-3-22-11(20)8-24-14-17-16-13(25-14)15-10(19)7-18(2)12(21)9-5-4-6-23-9/h4-6H,3,7-8H2,1-2H3,(H,15,16,19). The zero-order valence-corrected chi connectivity index (χ0v) is 16.0. The minimum Gasteiger partial charge on any atom is -0.465 e. The lowest BCUT2D eigenvalue weighted by molar-refractivity contribution is -0.139. The molecule has 0 aliphatic heterocycles. The fraction of sp³-hybridized carbons (Fsp3) is 0.357. The Hall–Kier alpha value is -1.98. The number of aromatic nitrogens is 2. The Morgan fingerprint density at radius 2 is 2.16 bits per heavy atom. The Morgan fingerprint density at radius 3 is 2.84 bits per heavy atom. The summed E-state index contributed by atoms with van der Waals surface area (Å²) in [5.41, 5.74) is 0. The second kappa shape index (κ2) is 9.49. The number of nitrogens with one attached hydrogen (secondary N) is 1. The summed E-state index contributed by atoms with van der Waals surface area (Å²) in [6.45, 7) is 1.97. The Morgan fingerprint density at radius 1 is 1.36 bits per heavy atom. The average Bonchev–Trinajstić information content (AvgIpc) is 3.24. The third-order valence-electron chi connectivity index (χ3n) is 2.73. The molecule has 0 radical (unpaired) electrons. The maximum absolute atomic E-state index is 12.1. The number of likely N-dealkylation sites (N-methyl/N-ethyl adjacent to an activating group) is 1. The molecule has 1 N–H and O–H groups in total. The number of nitrogens with zero attached hydrogens (tertiary/aromatic N) is 3. The number of hydrogen-bond acceptors (Lipinski definition) is 9. The summed E-state index contributed by atoms with van der Waals surface area (Å²) in [4.78, 5) is 37.3. The number of thiophene rings is 1. The van der Waals surface area contributed by atoms with E-state index >= 15 is 0 Å². The normalized spacial score (nSPS) is 10.3. The molecule has 0 spiro atoms. The van der Waals surface area contributed by atoms with Crippen molar-refractivity contribution >= 4 is 57.4 Å². The van der Waals surface area contributed by atoms with Crippen LogP contribution < -0.4 is 5.32 Å². The van der Waals surface area contributed by atoms with Gasteiger partial charge in [-0.1, -0.05) is 29.2 Å². The highest BCUT2D eigenvalue weighted by Crippen LogP contribution is 2.25. The molecule has 0 saturated heterocycles. The molecular formula is C14H16N4O4S3. The van der Waals surface area contributed by atoms with Gasteiger partial charge in [-0.15, -0.1) is 21.5 Å². The second-order valence-corrected chi connectivity index (χ2v) is 7.80. The molecule has 0 aliphatic rings. The molecule has 0 atom stereocenters. The molecule has 8 nitrogen and oxygen atoms in total. The smallest absolute Gasteiger partial charge is 0.316 e. The van der Waals surface area contributed by atoms with Gasteiger partial charge in [-0.3, -0.25) is 19.7 Å². The predicted octanol–water partition coefficient (Wildman–Crippen LogP) is 1.97. The summed E-state index contributed by atoms with van der Waals surface area (Å²) in [7, 11) is 1.56. The first-order chi connectivity index (χ1) is 12.0. The molecule has 134 valence electrons. The van der Waals surface area contributed by atoms with Crippen molar-refractivity contribution in [2.45, 2.75) is 11.3 Å². The molecule has 0 saturated carbocycles. The van der Waals surface area contributed by atoms with Gasteiger partial charge in [0.15, 0.2) is 4.34 Å². The summed E-state index contributed by atoms with van der Waals surface area (Å²) < 4.78 is 5.37. The van der Waals surface area contributed by atoms with Gasteiger partial charge in [0.1, 0.15) is 0 Å². The van der Waals surface area contributed by atoms with E-state index in [1.807, 2.05) is 0 Å². The van der Waals surface area contributed by atoms with Gasteiger partial charge in [0.25, 0.3) is 5.91 Å². The first kappa shape index (κ1) is 19.3. The maximum atomic E-state index is 12.1. The summed E-state index contributed by atoms with van der Waals surface area (Å²) in [5, 5.41) is 12.4. The molecule has 0 bridgehead atoms.